The Bertz CT molecular complexity index is 67.9. The van der Waals surface area contributed by atoms with Gasteiger partial charge in [-0.1, -0.05) is 13.3 Å². The van der Waals surface area contributed by atoms with E-state index in [0.717, 1.165) is 6.42 Å². The van der Waals surface area contributed by atoms with E-state index in [9.17, 15) is 0 Å². The summed E-state index contributed by atoms with van der Waals surface area (Å²) in [6.45, 7) is 2.61. The molecule has 0 radical (unpaired) electrons. The average Bonchev–Trinajstić information content (AvgIpc) is 2.59. The number of hydrogen-bond acceptors (Lipinski definition) is 2. The van der Waals surface area contributed by atoms with E-state index in [0.29, 0.717) is 17.8 Å². The first-order valence-electron chi connectivity index (χ1n) is 3.56. The highest BCUT2D eigenvalue weighted by atomic mass is 16.3. The first kappa shape index (κ1) is 7.03. The lowest BCUT2D eigenvalue weighted by molar-refractivity contribution is 0.232. The Morgan fingerprint density at radius 3 is 1.56 bits per heavy atom. The van der Waals surface area contributed by atoms with Crippen LogP contribution in [0.4, 0.5) is 0 Å². The van der Waals surface area contributed by atoms with E-state index in [1.807, 2.05) is 0 Å². The van der Waals surface area contributed by atoms with Gasteiger partial charge in [-0.15, -0.1) is 0 Å². The van der Waals surface area contributed by atoms with Gasteiger partial charge in [0.2, 0.25) is 0 Å². The molecule has 2 heteroatoms. The zero-order valence-electron chi connectivity index (χ0n) is 5.75. The summed E-state index contributed by atoms with van der Waals surface area (Å²) < 4.78 is 0. The van der Waals surface area contributed by atoms with Crippen molar-refractivity contribution in [3.05, 3.63) is 0 Å². The molecular weight excluding hydrogens is 116 g/mol. The quantitative estimate of drug-likeness (QED) is 0.574. The zero-order chi connectivity index (χ0) is 6.85. The highest BCUT2D eigenvalue weighted by molar-refractivity contribution is 4.94. The second kappa shape index (κ2) is 2.67. The number of rotatable bonds is 3. The van der Waals surface area contributed by atoms with Gasteiger partial charge in [0.1, 0.15) is 0 Å². The highest BCUT2D eigenvalue weighted by Gasteiger charge is 2.47. The first-order valence-corrected chi connectivity index (χ1v) is 3.56. The lowest BCUT2D eigenvalue weighted by atomic mass is 10.2. The van der Waals surface area contributed by atoms with Crippen molar-refractivity contribution in [1.82, 2.24) is 0 Å². The minimum absolute atomic E-state index is 0.254. The van der Waals surface area contributed by atoms with E-state index in [2.05, 4.69) is 6.92 Å². The Balaban J connectivity index is 2.26. The van der Waals surface area contributed by atoms with Crippen molar-refractivity contribution in [2.45, 2.75) is 13.3 Å². The van der Waals surface area contributed by atoms with Crippen LogP contribution in [0.2, 0.25) is 0 Å². The molecule has 1 aliphatic rings. The smallest absolute Gasteiger partial charge is 0.0465 e. The van der Waals surface area contributed by atoms with E-state index in [-0.39, 0.29) is 13.2 Å². The average molecular weight is 130 g/mol. The van der Waals surface area contributed by atoms with Crippen molar-refractivity contribution in [3.63, 3.8) is 0 Å². The summed E-state index contributed by atoms with van der Waals surface area (Å²) >= 11 is 0. The van der Waals surface area contributed by atoms with Crippen LogP contribution in [0.1, 0.15) is 13.3 Å². The van der Waals surface area contributed by atoms with Crippen LogP contribution in [0.25, 0.3) is 0 Å². The fourth-order valence-corrected chi connectivity index (χ4v) is 1.67. The Morgan fingerprint density at radius 2 is 1.44 bits per heavy atom. The fraction of sp³-hybridized carbons (Fsp3) is 1.00. The standard InChI is InChI=1S/C7H14O2/c1-2-5-6(3-8)7(5)4-9/h5-9H,2-4H2,1H3. The van der Waals surface area contributed by atoms with Gasteiger partial charge >= 0.3 is 0 Å². The van der Waals surface area contributed by atoms with Crippen LogP contribution in [0.5, 0.6) is 0 Å². The predicted molar refractivity (Wildman–Crippen MR) is 34.9 cm³/mol. The van der Waals surface area contributed by atoms with Gasteiger partial charge in [0.05, 0.1) is 0 Å². The molecule has 0 amide bonds. The van der Waals surface area contributed by atoms with Crippen LogP contribution in [0.3, 0.4) is 0 Å². The van der Waals surface area contributed by atoms with Crippen molar-refractivity contribution >= 4 is 0 Å². The van der Waals surface area contributed by atoms with Crippen LogP contribution >= 0.6 is 0 Å². The molecule has 1 aliphatic carbocycles. The molecule has 0 aromatic rings. The van der Waals surface area contributed by atoms with Gasteiger partial charge in [0, 0.05) is 13.2 Å². The molecule has 0 spiro atoms. The summed E-state index contributed by atoms with van der Waals surface area (Å²) in [4.78, 5) is 0. The van der Waals surface area contributed by atoms with Crippen molar-refractivity contribution in [1.29, 1.82) is 0 Å². The van der Waals surface area contributed by atoms with Crippen LogP contribution in [0, 0.1) is 17.8 Å². The third kappa shape index (κ3) is 1.10. The molecule has 0 saturated heterocycles. The van der Waals surface area contributed by atoms with E-state index < -0.39 is 0 Å². The third-order valence-corrected chi connectivity index (χ3v) is 2.40. The maximum absolute atomic E-state index is 8.70. The normalized spacial score (nSPS) is 41.0. The summed E-state index contributed by atoms with van der Waals surface area (Å²) in [5, 5.41) is 17.4. The number of aliphatic hydroxyl groups is 2. The van der Waals surface area contributed by atoms with Gasteiger partial charge in [0.15, 0.2) is 0 Å². The molecule has 1 fully saturated rings. The Hall–Kier alpha value is -0.0800. The van der Waals surface area contributed by atoms with Gasteiger partial charge in [-0.3, -0.25) is 0 Å². The van der Waals surface area contributed by atoms with Crippen LogP contribution in [0.15, 0.2) is 0 Å². The zero-order valence-corrected chi connectivity index (χ0v) is 5.75. The largest absolute Gasteiger partial charge is 0.396 e. The topological polar surface area (TPSA) is 40.5 Å². The van der Waals surface area contributed by atoms with E-state index in [1.165, 1.54) is 0 Å². The van der Waals surface area contributed by atoms with Gasteiger partial charge in [-0.05, 0) is 17.8 Å². The summed E-state index contributed by atoms with van der Waals surface area (Å²) in [6.07, 6.45) is 1.09. The molecule has 2 atom stereocenters. The lowest BCUT2D eigenvalue weighted by Gasteiger charge is -1.84. The first-order chi connectivity index (χ1) is 4.35. The molecule has 1 saturated carbocycles. The molecule has 0 aliphatic heterocycles. The molecule has 2 unspecified atom stereocenters. The molecule has 0 aromatic carbocycles. The van der Waals surface area contributed by atoms with Gasteiger partial charge in [-0.25, -0.2) is 0 Å². The van der Waals surface area contributed by atoms with E-state index >= 15 is 0 Å². The molecular formula is C7H14O2. The van der Waals surface area contributed by atoms with Gasteiger partial charge in [0.25, 0.3) is 0 Å². The second-order valence-electron chi connectivity index (χ2n) is 2.76. The summed E-state index contributed by atoms with van der Waals surface area (Å²) in [7, 11) is 0. The fourth-order valence-electron chi connectivity index (χ4n) is 1.67. The molecule has 9 heavy (non-hydrogen) atoms. The van der Waals surface area contributed by atoms with Crippen molar-refractivity contribution in [2.75, 3.05) is 13.2 Å². The Labute approximate surface area is 55.5 Å². The van der Waals surface area contributed by atoms with Gasteiger partial charge < -0.3 is 10.2 Å². The molecule has 0 aromatic heterocycles. The van der Waals surface area contributed by atoms with Gasteiger partial charge in [-0.2, -0.15) is 0 Å². The summed E-state index contributed by atoms with van der Waals surface area (Å²) in [6, 6.07) is 0. The lowest BCUT2D eigenvalue weighted by Crippen LogP contribution is -1.91. The monoisotopic (exact) mass is 130 g/mol. The number of hydrogen-bond donors (Lipinski definition) is 2. The SMILES string of the molecule is CCC1C(CO)C1CO. The van der Waals surface area contributed by atoms with E-state index in [4.69, 9.17) is 10.2 Å². The number of aliphatic hydroxyl groups excluding tert-OH is 2. The summed E-state index contributed by atoms with van der Waals surface area (Å²) in [5.41, 5.74) is 0. The van der Waals surface area contributed by atoms with Crippen LogP contribution in [-0.4, -0.2) is 23.4 Å². The molecule has 1 rings (SSSR count). The molecule has 0 bridgehead atoms. The molecule has 2 N–H and O–H groups in total. The highest BCUT2D eigenvalue weighted by Crippen LogP contribution is 2.47. The van der Waals surface area contributed by atoms with Crippen LogP contribution in [-0.2, 0) is 0 Å². The minimum atomic E-state index is 0.254. The summed E-state index contributed by atoms with van der Waals surface area (Å²) in [5.74, 6) is 1.40. The van der Waals surface area contributed by atoms with Crippen LogP contribution < -0.4 is 0 Å². The van der Waals surface area contributed by atoms with Crippen molar-refractivity contribution < 1.29 is 10.2 Å². The van der Waals surface area contributed by atoms with Crippen molar-refractivity contribution in [3.8, 4) is 0 Å². The predicted octanol–water partition coefficient (Wildman–Crippen LogP) is 0.243. The van der Waals surface area contributed by atoms with Crippen molar-refractivity contribution in [2.24, 2.45) is 17.8 Å². The Morgan fingerprint density at radius 1 is 1.00 bits per heavy atom. The Kier molecular flexibility index (Phi) is 2.09. The molecule has 0 heterocycles. The molecule has 2 nitrogen and oxygen atoms in total. The molecule has 54 valence electrons. The second-order valence-corrected chi connectivity index (χ2v) is 2.76. The maximum atomic E-state index is 8.70. The maximum Gasteiger partial charge on any atom is 0.0465 e. The minimum Gasteiger partial charge on any atom is -0.396 e. The van der Waals surface area contributed by atoms with E-state index in [1.54, 1.807) is 0 Å². The third-order valence-electron chi connectivity index (χ3n) is 2.40.